The van der Waals surface area contributed by atoms with Gasteiger partial charge < -0.3 is 30.5 Å². The van der Waals surface area contributed by atoms with E-state index in [0.717, 1.165) is 23.8 Å². The molecule has 0 radical (unpaired) electrons. The minimum absolute atomic E-state index is 0.0132. The highest BCUT2D eigenvalue weighted by molar-refractivity contribution is 5.96. The Morgan fingerprint density at radius 1 is 1.12 bits per heavy atom. The highest BCUT2D eigenvalue weighted by atomic mass is 19.4. The average Bonchev–Trinajstić information content (AvgIpc) is 3.34. The summed E-state index contributed by atoms with van der Waals surface area (Å²) in [6.07, 6.45) is -2.66. The van der Waals surface area contributed by atoms with Gasteiger partial charge >= 0.3 is 6.18 Å². The Bertz CT molecular complexity index is 1180. The predicted molar refractivity (Wildman–Crippen MR) is 142 cm³/mol. The van der Waals surface area contributed by atoms with Gasteiger partial charge in [0, 0.05) is 25.3 Å². The number of ether oxygens (including phenoxy) is 2. The van der Waals surface area contributed by atoms with Crippen molar-refractivity contribution < 1.29 is 37.3 Å². The Morgan fingerprint density at radius 2 is 1.82 bits per heavy atom. The van der Waals surface area contributed by atoms with Crippen LogP contribution in [0, 0.1) is 5.92 Å². The van der Waals surface area contributed by atoms with Gasteiger partial charge in [-0.05, 0) is 74.4 Å². The van der Waals surface area contributed by atoms with Crippen molar-refractivity contribution in [1.29, 1.82) is 0 Å². The monoisotopic (exact) mass is 563 g/mol. The molecule has 1 saturated carbocycles. The fourth-order valence-electron chi connectivity index (χ4n) is 5.95. The minimum Gasteiger partial charge on any atom is -0.497 e. The number of aliphatic hydroxyl groups is 1. The van der Waals surface area contributed by atoms with Gasteiger partial charge in [0.1, 0.15) is 5.75 Å². The zero-order chi connectivity index (χ0) is 29.0. The summed E-state index contributed by atoms with van der Waals surface area (Å²) in [7, 11) is 1.59. The number of amides is 2. The topological polar surface area (TPSA) is 109 Å². The molecule has 2 aliphatic rings. The molecule has 0 spiro atoms. The van der Waals surface area contributed by atoms with Crippen molar-refractivity contribution in [2.75, 3.05) is 33.4 Å². The van der Waals surface area contributed by atoms with Gasteiger partial charge in [-0.25, -0.2) is 0 Å². The molecule has 0 unspecified atom stereocenters. The molecule has 2 atom stereocenters. The van der Waals surface area contributed by atoms with Crippen LogP contribution in [0.2, 0.25) is 0 Å². The third-order valence-corrected chi connectivity index (χ3v) is 8.09. The Balaban J connectivity index is 1.44. The van der Waals surface area contributed by atoms with Gasteiger partial charge in [-0.3, -0.25) is 9.59 Å². The molecule has 218 valence electrons. The SMILES string of the molecule is CCO[C@H]1CNC[C@@]1(NC(=O)CNC(=O)c1cccc(C(F)(F)F)c1)C1CCC(O)(c2ccc(OC)cc2)CC1. The molecule has 40 heavy (non-hydrogen) atoms. The van der Waals surface area contributed by atoms with Crippen LogP contribution in [-0.4, -0.2) is 61.9 Å². The minimum atomic E-state index is -4.58. The quantitative estimate of drug-likeness (QED) is 0.373. The second-order valence-electron chi connectivity index (χ2n) is 10.5. The van der Waals surface area contributed by atoms with E-state index in [-0.39, 0.29) is 17.6 Å². The Kier molecular flexibility index (Phi) is 9.06. The molecule has 1 aliphatic heterocycles. The van der Waals surface area contributed by atoms with Crippen LogP contribution >= 0.6 is 0 Å². The summed E-state index contributed by atoms with van der Waals surface area (Å²) < 4.78 is 50.3. The number of carbonyl (C=O) groups is 2. The lowest BCUT2D eigenvalue weighted by Crippen LogP contribution is -2.64. The van der Waals surface area contributed by atoms with Gasteiger partial charge in [0.05, 0.1) is 36.5 Å². The molecule has 2 fully saturated rings. The van der Waals surface area contributed by atoms with Crippen LogP contribution in [-0.2, 0) is 21.3 Å². The molecule has 1 saturated heterocycles. The fraction of sp³-hybridized carbons (Fsp3) is 0.517. The maximum atomic E-state index is 13.1. The smallest absolute Gasteiger partial charge is 0.416 e. The zero-order valence-corrected chi connectivity index (χ0v) is 22.6. The molecule has 11 heteroatoms. The first-order valence-corrected chi connectivity index (χ1v) is 13.5. The molecule has 0 bridgehead atoms. The lowest BCUT2D eigenvalue weighted by molar-refractivity contribution is -0.137. The Labute approximate surface area is 231 Å². The highest BCUT2D eigenvalue weighted by Crippen LogP contribution is 2.45. The molecule has 1 aliphatic carbocycles. The zero-order valence-electron chi connectivity index (χ0n) is 22.6. The van der Waals surface area contributed by atoms with Crippen molar-refractivity contribution in [2.24, 2.45) is 5.92 Å². The third kappa shape index (κ3) is 6.42. The Hall–Kier alpha value is -3.15. The first kappa shape index (κ1) is 29.8. The molecule has 0 aromatic heterocycles. The van der Waals surface area contributed by atoms with E-state index >= 15 is 0 Å². The number of nitrogens with one attached hydrogen (secondary N) is 3. The molecule has 8 nitrogen and oxygen atoms in total. The van der Waals surface area contributed by atoms with E-state index in [1.807, 2.05) is 31.2 Å². The number of carbonyl (C=O) groups excluding carboxylic acids is 2. The molecule has 2 amide bonds. The van der Waals surface area contributed by atoms with Crippen molar-refractivity contribution in [2.45, 2.75) is 56.0 Å². The number of rotatable bonds is 9. The summed E-state index contributed by atoms with van der Waals surface area (Å²) in [6, 6.07) is 11.4. The van der Waals surface area contributed by atoms with Gasteiger partial charge in [-0.15, -0.1) is 0 Å². The van der Waals surface area contributed by atoms with Crippen molar-refractivity contribution in [1.82, 2.24) is 16.0 Å². The number of hydrogen-bond donors (Lipinski definition) is 4. The van der Waals surface area contributed by atoms with E-state index in [4.69, 9.17) is 9.47 Å². The van der Waals surface area contributed by atoms with Crippen LogP contribution in [0.5, 0.6) is 5.75 Å². The van der Waals surface area contributed by atoms with Crippen LogP contribution in [0.4, 0.5) is 13.2 Å². The first-order chi connectivity index (χ1) is 19.0. The van der Waals surface area contributed by atoms with Crippen LogP contribution in [0.3, 0.4) is 0 Å². The molecule has 4 N–H and O–H groups in total. The molecular weight excluding hydrogens is 527 g/mol. The summed E-state index contributed by atoms with van der Waals surface area (Å²) in [4.78, 5) is 25.6. The van der Waals surface area contributed by atoms with Crippen LogP contribution in [0.15, 0.2) is 48.5 Å². The van der Waals surface area contributed by atoms with Crippen molar-refractivity contribution in [3.63, 3.8) is 0 Å². The number of methoxy groups -OCH3 is 1. The van der Waals surface area contributed by atoms with Gasteiger partial charge in [0.2, 0.25) is 5.91 Å². The number of hydrogen-bond acceptors (Lipinski definition) is 6. The van der Waals surface area contributed by atoms with Crippen LogP contribution in [0.25, 0.3) is 0 Å². The standard InChI is InChI=1S/C29H36F3N3O5/c1-3-40-24-16-33-18-28(24,21-11-13-27(38,14-12-21)20-7-9-23(39-2)10-8-20)35-25(36)17-34-26(37)19-5-4-6-22(15-19)29(30,31)32/h4-10,15,21,24,33,38H,3,11-14,16-18H2,1-2H3,(H,34,37)(H,35,36)/t21?,24-,27?,28+/m0/s1. The highest BCUT2D eigenvalue weighted by Gasteiger charge is 2.52. The lowest BCUT2D eigenvalue weighted by Gasteiger charge is -2.47. The van der Waals surface area contributed by atoms with Crippen LogP contribution < -0.4 is 20.7 Å². The summed E-state index contributed by atoms with van der Waals surface area (Å²) in [6.45, 7) is 2.90. The van der Waals surface area contributed by atoms with Crippen LogP contribution in [0.1, 0.15) is 54.1 Å². The van der Waals surface area contributed by atoms with Gasteiger partial charge in [0.25, 0.3) is 5.91 Å². The van der Waals surface area contributed by atoms with E-state index in [0.29, 0.717) is 51.1 Å². The maximum Gasteiger partial charge on any atom is 0.416 e. The van der Waals surface area contributed by atoms with Crippen molar-refractivity contribution in [3.8, 4) is 5.75 Å². The number of alkyl halides is 3. The molecule has 2 aromatic rings. The molecule has 2 aromatic carbocycles. The first-order valence-electron chi connectivity index (χ1n) is 13.5. The summed E-state index contributed by atoms with van der Waals surface area (Å²) in [5.74, 6) is -0.548. The second kappa shape index (κ2) is 12.2. The maximum absolute atomic E-state index is 13.1. The molecule has 4 rings (SSSR count). The predicted octanol–water partition coefficient (Wildman–Crippen LogP) is 3.39. The molecular formula is C29H36F3N3O5. The number of benzene rings is 2. The van der Waals surface area contributed by atoms with Crippen molar-refractivity contribution >= 4 is 11.8 Å². The summed E-state index contributed by atoms with van der Waals surface area (Å²) in [5, 5.41) is 20.3. The van der Waals surface area contributed by atoms with E-state index in [2.05, 4.69) is 16.0 Å². The average molecular weight is 564 g/mol. The lowest BCUT2D eigenvalue weighted by atomic mass is 9.67. The number of halogens is 3. The largest absolute Gasteiger partial charge is 0.497 e. The summed E-state index contributed by atoms with van der Waals surface area (Å²) >= 11 is 0. The van der Waals surface area contributed by atoms with Gasteiger partial charge in [-0.1, -0.05) is 18.2 Å². The molecule has 1 heterocycles. The van der Waals surface area contributed by atoms with Crippen molar-refractivity contribution in [3.05, 3.63) is 65.2 Å². The van der Waals surface area contributed by atoms with E-state index in [1.54, 1.807) is 7.11 Å². The van der Waals surface area contributed by atoms with E-state index in [9.17, 15) is 27.9 Å². The van der Waals surface area contributed by atoms with Gasteiger partial charge in [-0.2, -0.15) is 13.2 Å². The normalized spacial score (nSPS) is 26.8. The summed E-state index contributed by atoms with van der Waals surface area (Å²) in [5.41, 5.74) is -2.08. The van der Waals surface area contributed by atoms with E-state index < -0.39 is 41.2 Å². The van der Waals surface area contributed by atoms with E-state index in [1.165, 1.54) is 6.07 Å². The van der Waals surface area contributed by atoms with Gasteiger partial charge in [0.15, 0.2) is 0 Å². The third-order valence-electron chi connectivity index (χ3n) is 8.09. The Morgan fingerprint density at radius 3 is 2.45 bits per heavy atom. The second-order valence-corrected chi connectivity index (χ2v) is 10.5. The fourth-order valence-corrected chi connectivity index (χ4v) is 5.95.